The van der Waals surface area contributed by atoms with E-state index in [1.165, 1.54) is 218 Å². The monoisotopic (exact) mass is 1450 g/mol. The Balaban J connectivity index is 5.24. The summed E-state index contributed by atoms with van der Waals surface area (Å²) in [6, 6.07) is 0. The number of unbranched alkanes of at least 4 members (excludes halogenated alkanes) is 45. The number of hydrogen-bond acceptors (Lipinski definition) is 15. The fourth-order valence-electron chi connectivity index (χ4n) is 12.3. The highest BCUT2D eigenvalue weighted by molar-refractivity contribution is 7.47. The van der Waals surface area contributed by atoms with E-state index in [-0.39, 0.29) is 25.7 Å². The lowest BCUT2D eigenvalue weighted by molar-refractivity contribution is -0.161. The molecule has 0 saturated heterocycles. The second-order valence-electron chi connectivity index (χ2n) is 30.0. The second kappa shape index (κ2) is 70.4. The third-order valence-electron chi connectivity index (χ3n) is 19.0. The lowest BCUT2D eigenvalue weighted by Crippen LogP contribution is -2.30. The zero-order chi connectivity index (χ0) is 73.0. The summed E-state index contributed by atoms with van der Waals surface area (Å²) < 4.78 is 68.7. The van der Waals surface area contributed by atoms with E-state index < -0.39 is 97.5 Å². The maximum Gasteiger partial charge on any atom is 0.472 e. The van der Waals surface area contributed by atoms with Crippen LogP contribution in [-0.4, -0.2) is 96.7 Å². The Morgan fingerprint density at radius 1 is 0.293 bits per heavy atom. The molecule has 17 nitrogen and oxygen atoms in total. The van der Waals surface area contributed by atoms with Crippen LogP contribution in [0.15, 0.2) is 0 Å². The van der Waals surface area contributed by atoms with Crippen LogP contribution in [0.5, 0.6) is 0 Å². The highest BCUT2D eigenvalue weighted by Gasteiger charge is 2.30. The van der Waals surface area contributed by atoms with E-state index in [4.69, 9.17) is 37.0 Å². The third-order valence-corrected chi connectivity index (χ3v) is 20.9. The van der Waals surface area contributed by atoms with Crippen molar-refractivity contribution < 1.29 is 80.2 Å². The summed E-state index contributed by atoms with van der Waals surface area (Å²) in [6.07, 6.45) is 58.3. The number of carbonyl (C=O) groups is 4. The van der Waals surface area contributed by atoms with Crippen LogP contribution >= 0.6 is 15.6 Å². The second-order valence-corrected chi connectivity index (χ2v) is 32.9. The molecule has 0 heterocycles. The molecule has 588 valence electrons. The topological polar surface area (TPSA) is 237 Å². The summed E-state index contributed by atoms with van der Waals surface area (Å²) in [4.78, 5) is 73.0. The zero-order valence-electron chi connectivity index (χ0n) is 65.0. The van der Waals surface area contributed by atoms with Gasteiger partial charge < -0.3 is 33.8 Å². The maximum atomic E-state index is 13.1. The summed E-state index contributed by atoms with van der Waals surface area (Å²) in [5, 5.41) is 10.6. The molecule has 0 fully saturated rings. The molecular weight excluding hydrogens is 1290 g/mol. The minimum atomic E-state index is -4.96. The van der Waals surface area contributed by atoms with Gasteiger partial charge in [-0.3, -0.25) is 37.3 Å². The average molecular weight is 1450 g/mol. The predicted molar refractivity (Wildman–Crippen MR) is 405 cm³/mol. The van der Waals surface area contributed by atoms with Gasteiger partial charge in [0.2, 0.25) is 0 Å². The highest BCUT2D eigenvalue weighted by atomic mass is 31.2. The molecule has 0 spiro atoms. The van der Waals surface area contributed by atoms with E-state index in [1.54, 1.807) is 0 Å². The molecule has 0 amide bonds. The van der Waals surface area contributed by atoms with Gasteiger partial charge in [-0.2, -0.15) is 0 Å². The molecule has 6 atom stereocenters. The van der Waals surface area contributed by atoms with Crippen molar-refractivity contribution in [3.05, 3.63) is 0 Å². The van der Waals surface area contributed by atoms with Gasteiger partial charge in [0.15, 0.2) is 12.2 Å². The van der Waals surface area contributed by atoms with Gasteiger partial charge in [0.05, 0.1) is 26.4 Å². The van der Waals surface area contributed by atoms with Crippen LogP contribution in [0.1, 0.15) is 414 Å². The van der Waals surface area contributed by atoms with Crippen LogP contribution in [0.3, 0.4) is 0 Å². The normalized spacial score (nSPS) is 14.3. The van der Waals surface area contributed by atoms with E-state index in [9.17, 15) is 43.2 Å². The van der Waals surface area contributed by atoms with Gasteiger partial charge in [-0.25, -0.2) is 9.13 Å². The summed E-state index contributed by atoms with van der Waals surface area (Å²) in [5.41, 5.74) is 0. The van der Waals surface area contributed by atoms with Crippen molar-refractivity contribution in [1.82, 2.24) is 0 Å². The van der Waals surface area contributed by atoms with E-state index in [1.807, 2.05) is 0 Å². The first kappa shape index (κ1) is 97.1. The Morgan fingerprint density at radius 3 is 0.768 bits per heavy atom. The maximum absolute atomic E-state index is 13.1. The summed E-state index contributed by atoms with van der Waals surface area (Å²) in [5.74, 6) is 0.212. The summed E-state index contributed by atoms with van der Waals surface area (Å²) >= 11 is 0. The first-order valence-electron chi connectivity index (χ1n) is 41.4. The van der Waals surface area contributed by atoms with E-state index in [2.05, 4.69) is 48.5 Å². The molecule has 0 bridgehead atoms. The molecule has 0 aromatic heterocycles. The molecule has 3 N–H and O–H groups in total. The highest BCUT2D eigenvalue weighted by Crippen LogP contribution is 2.45. The number of rotatable bonds is 78. The van der Waals surface area contributed by atoms with E-state index in [0.29, 0.717) is 31.6 Å². The predicted octanol–water partition coefficient (Wildman–Crippen LogP) is 23.7. The minimum Gasteiger partial charge on any atom is -0.462 e. The minimum absolute atomic E-state index is 0.107. The Hall–Kier alpha value is -1.94. The molecule has 0 aliphatic heterocycles. The number of phosphoric ester groups is 2. The largest absolute Gasteiger partial charge is 0.472 e. The van der Waals surface area contributed by atoms with Crippen molar-refractivity contribution in [2.45, 2.75) is 433 Å². The number of carbonyl (C=O) groups excluding carboxylic acids is 4. The van der Waals surface area contributed by atoms with Gasteiger partial charge in [-0.15, -0.1) is 0 Å². The Labute approximate surface area is 607 Å². The number of phosphoric acid groups is 2. The lowest BCUT2D eigenvalue weighted by Gasteiger charge is -2.21. The van der Waals surface area contributed by atoms with Crippen LogP contribution in [0, 0.1) is 17.8 Å². The van der Waals surface area contributed by atoms with Crippen molar-refractivity contribution in [3.8, 4) is 0 Å². The van der Waals surface area contributed by atoms with Crippen LogP contribution in [0.2, 0.25) is 0 Å². The Bertz CT molecular complexity index is 1920. The Morgan fingerprint density at radius 2 is 0.515 bits per heavy atom. The fourth-order valence-corrected chi connectivity index (χ4v) is 13.9. The van der Waals surface area contributed by atoms with Crippen LogP contribution in [-0.2, 0) is 65.4 Å². The molecule has 3 unspecified atom stereocenters. The SMILES string of the molecule is CCCCCCCCCCCCCCCCCC(=O)O[C@H](COC(=O)CCCCCCCCC(C)C)COP(=O)(O)OC[C@H](O)COP(=O)(O)OC[C@@H](COC(=O)CCCCCCCCCCCCCCCCC(C)C)OC(=O)CCCCCCCCCCCCCCCCC(C)CC. The van der Waals surface area contributed by atoms with Crippen molar-refractivity contribution >= 4 is 39.5 Å². The molecule has 0 rings (SSSR count). The number of hydrogen-bond donors (Lipinski definition) is 3. The van der Waals surface area contributed by atoms with Crippen molar-refractivity contribution in [2.75, 3.05) is 39.6 Å². The first-order valence-corrected chi connectivity index (χ1v) is 44.4. The van der Waals surface area contributed by atoms with Gasteiger partial charge >= 0.3 is 39.5 Å². The van der Waals surface area contributed by atoms with Gasteiger partial charge in [-0.1, -0.05) is 363 Å². The standard InChI is InChI=1S/C80H156O17P2/c1-8-10-11-12-13-14-15-16-17-25-30-35-40-49-56-64-80(85)97-76(68-91-78(83)62-55-48-43-42-45-52-59-72(5)6)70-95-99(88,89)93-66-74(81)65-92-98(86,87)94-69-75(67-90-77(82)61-54-47-39-34-29-24-20-18-22-27-32-37-44-51-58-71(3)4)96-79(84)63-57-50-41-36-31-26-21-19-23-28-33-38-46-53-60-73(7)9-2/h71-76,81H,8-70H2,1-7H3,(H,86,87)(H,88,89)/t73?,74-,75-,76-/m1/s1. The molecule has 19 heteroatoms. The van der Waals surface area contributed by atoms with Crippen LogP contribution in [0.4, 0.5) is 0 Å². The van der Waals surface area contributed by atoms with Crippen LogP contribution in [0.25, 0.3) is 0 Å². The van der Waals surface area contributed by atoms with Crippen molar-refractivity contribution in [1.29, 1.82) is 0 Å². The Kier molecular flexibility index (Phi) is 69.0. The molecular formula is C80H156O17P2. The number of aliphatic hydroxyl groups is 1. The molecule has 99 heavy (non-hydrogen) atoms. The first-order chi connectivity index (χ1) is 47.8. The van der Waals surface area contributed by atoms with Crippen LogP contribution < -0.4 is 0 Å². The number of aliphatic hydroxyl groups excluding tert-OH is 1. The summed E-state index contributed by atoms with van der Waals surface area (Å²) in [6.45, 7) is 11.9. The molecule has 0 aliphatic carbocycles. The molecule has 0 saturated carbocycles. The van der Waals surface area contributed by atoms with Gasteiger partial charge in [0.1, 0.15) is 19.3 Å². The molecule has 0 radical (unpaired) electrons. The fraction of sp³-hybridized carbons (Fsp3) is 0.950. The van der Waals surface area contributed by atoms with E-state index >= 15 is 0 Å². The smallest absolute Gasteiger partial charge is 0.462 e. The zero-order valence-corrected chi connectivity index (χ0v) is 66.8. The van der Waals surface area contributed by atoms with Gasteiger partial charge in [-0.05, 0) is 43.4 Å². The van der Waals surface area contributed by atoms with Crippen molar-refractivity contribution in [3.63, 3.8) is 0 Å². The third kappa shape index (κ3) is 72.8. The van der Waals surface area contributed by atoms with Crippen molar-refractivity contribution in [2.24, 2.45) is 17.8 Å². The van der Waals surface area contributed by atoms with E-state index in [0.717, 1.165) is 108 Å². The molecule has 0 aromatic carbocycles. The quantitative estimate of drug-likeness (QED) is 0.0222. The average Bonchev–Trinajstić information content (AvgIpc) is 1.03. The van der Waals surface area contributed by atoms with Gasteiger partial charge in [0, 0.05) is 25.7 Å². The van der Waals surface area contributed by atoms with Gasteiger partial charge in [0.25, 0.3) is 0 Å². The molecule has 0 aromatic rings. The lowest BCUT2D eigenvalue weighted by atomic mass is 9.99. The summed E-state index contributed by atoms with van der Waals surface area (Å²) in [7, 11) is -9.92. The molecule has 0 aliphatic rings. The number of ether oxygens (including phenoxy) is 4. The number of esters is 4.